The number of ether oxygens (including phenoxy) is 1. The summed E-state index contributed by atoms with van der Waals surface area (Å²) in [6.45, 7) is 14.2. The van der Waals surface area contributed by atoms with E-state index >= 15 is 0 Å². The quantitative estimate of drug-likeness (QED) is 0.472. The summed E-state index contributed by atoms with van der Waals surface area (Å²) in [5, 5.41) is 6.45. The van der Waals surface area contributed by atoms with Crippen LogP contribution < -0.4 is 25.2 Å². The van der Waals surface area contributed by atoms with Crippen LogP contribution in [0.5, 0.6) is 5.75 Å². The number of methoxy groups -OCH3 is 1. The third kappa shape index (κ3) is 5.87. The topological polar surface area (TPSA) is 103 Å². The summed E-state index contributed by atoms with van der Waals surface area (Å²) < 4.78 is 5.64. The van der Waals surface area contributed by atoms with Crippen LogP contribution in [0.2, 0.25) is 0 Å². The van der Waals surface area contributed by atoms with E-state index in [9.17, 15) is 9.59 Å². The van der Waals surface area contributed by atoms with E-state index in [0.29, 0.717) is 35.2 Å². The van der Waals surface area contributed by atoms with Crippen LogP contribution in [0.25, 0.3) is 0 Å². The lowest BCUT2D eigenvalue weighted by molar-refractivity contribution is -0.127. The maximum atomic E-state index is 13.5. The molecule has 40 heavy (non-hydrogen) atoms. The molecule has 2 amide bonds. The SMILES string of the molecule is CCN1CCC(NC(=O)c2ccc(Nc3ncc4c(n3)N(C(C)C)CC(CC)(CC)C(=O)N4C)c(OC)c2)CC1. The number of anilines is 4. The van der Waals surface area contributed by atoms with Crippen LogP contribution in [0.3, 0.4) is 0 Å². The van der Waals surface area contributed by atoms with Crippen molar-refractivity contribution in [2.24, 2.45) is 5.41 Å². The average molecular weight is 552 g/mol. The molecule has 0 aliphatic carbocycles. The normalized spacial score (nSPS) is 17.9. The Hall–Kier alpha value is -3.40. The summed E-state index contributed by atoms with van der Waals surface area (Å²) in [4.78, 5) is 42.3. The molecule has 0 unspecified atom stereocenters. The second-order valence-corrected chi connectivity index (χ2v) is 11.2. The first-order valence-corrected chi connectivity index (χ1v) is 14.6. The van der Waals surface area contributed by atoms with Crippen LogP contribution in [-0.4, -0.2) is 79.1 Å². The fourth-order valence-corrected chi connectivity index (χ4v) is 5.73. The van der Waals surface area contributed by atoms with Crippen molar-refractivity contribution in [3.8, 4) is 5.75 Å². The predicted octanol–water partition coefficient (Wildman–Crippen LogP) is 4.44. The lowest BCUT2D eigenvalue weighted by Gasteiger charge is -2.36. The Morgan fingerprint density at radius 2 is 1.88 bits per heavy atom. The van der Waals surface area contributed by atoms with Crippen LogP contribution >= 0.6 is 0 Å². The lowest BCUT2D eigenvalue weighted by atomic mass is 9.80. The number of aromatic nitrogens is 2. The Balaban J connectivity index is 1.56. The van der Waals surface area contributed by atoms with Gasteiger partial charge in [-0.2, -0.15) is 4.98 Å². The van der Waals surface area contributed by atoms with Crippen molar-refractivity contribution in [2.75, 3.05) is 55.5 Å². The number of hydrogen-bond donors (Lipinski definition) is 2. The summed E-state index contributed by atoms with van der Waals surface area (Å²) in [7, 11) is 3.39. The van der Waals surface area contributed by atoms with Gasteiger partial charge in [0, 0.05) is 44.3 Å². The monoisotopic (exact) mass is 551 g/mol. The largest absolute Gasteiger partial charge is 0.495 e. The number of nitrogens with one attached hydrogen (secondary N) is 2. The van der Waals surface area contributed by atoms with Crippen LogP contribution in [0.1, 0.15) is 70.7 Å². The van der Waals surface area contributed by atoms with Gasteiger partial charge in [0.2, 0.25) is 11.9 Å². The van der Waals surface area contributed by atoms with Gasteiger partial charge in [-0.3, -0.25) is 9.59 Å². The van der Waals surface area contributed by atoms with E-state index in [2.05, 4.69) is 60.0 Å². The number of fused-ring (bicyclic) bond motifs is 1. The zero-order valence-electron chi connectivity index (χ0n) is 25.1. The summed E-state index contributed by atoms with van der Waals surface area (Å²) in [6.07, 6.45) is 5.11. The van der Waals surface area contributed by atoms with Crippen molar-refractivity contribution in [3.05, 3.63) is 30.0 Å². The number of rotatable bonds is 9. The van der Waals surface area contributed by atoms with E-state index < -0.39 is 5.41 Å². The van der Waals surface area contributed by atoms with E-state index in [1.165, 1.54) is 0 Å². The summed E-state index contributed by atoms with van der Waals surface area (Å²) >= 11 is 0. The number of nitrogens with zero attached hydrogens (tertiary/aromatic N) is 5. The van der Waals surface area contributed by atoms with E-state index in [1.54, 1.807) is 30.3 Å². The van der Waals surface area contributed by atoms with Gasteiger partial charge < -0.3 is 30.1 Å². The molecular weight excluding hydrogens is 506 g/mol. The molecule has 10 heteroatoms. The maximum absolute atomic E-state index is 13.5. The fraction of sp³-hybridized carbons (Fsp3) is 0.600. The number of likely N-dealkylation sites (tertiary alicyclic amines) is 1. The minimum atomic E-state index is -0.486. The van der Waals surface area contributed by atoms with Gasteiger partial charge in [-0.1, -0.05) is 20.8 Å². The second kappa shape index (κ2) is 12.4. The highest BCUT2D eigenvalue weighted by molar-refractivity contribution is 6.01. The standard InChI is InChI=1S/C30H45N7O3/c1-8-30(9-2)19-37(20(4)5)26-24(35(6)28(30)39)18-31-29(34-26)33-23-12-11-21(17-25(23)40-7)27(38)32-22-13-15-36(10-3)16-14-22/h11-12,17-18,20,22H,8-10,13-16,19H2,1-7H3,(H,32,38)(H,31,33,34). The fourth-order valence-electron chi connectivity index (χ4n) is 5.73. The average Bonchev–Trinajstić information content (AvgIpc) is 3.06. The van der Waals surface area contributed by atoms with Crippen molar-refractivity contribution in [1.82, 2.24) is 20.2 Å². The van der Waals surface area contributed by atoms with Gasteiger partial charge in [-0.25, -0.2) is 4.98 Å². The first-order chi connectivity index (χ1) is 19.2. The molecule has 2 aliphatic rings. The van der Waals surface area contributed by atoms with Crippen LogP contribution in [0.15, 0.2) is 24.4 Å². The highest BCUT2D eigenvalue weighted by Gasteiger charge is 2.44. The van der Waals surface area contributed by atoms with E-state index in [1.807, 2.05) is 13.1 Å². The van der Waals surface area contributed by atoms with Crippen molar-refractivity contribution < 1.29 is 14.3 Å². The minimum absolute atomic E-state index is 0.0951. The molecule has 0 radical (unpaired) electrons. The lowest BCUT2D eigenvalue weighted by Crippen LogP contribution is -2.47. The zero-order valence-corrected chi connectivity index (χ0v) is 25.1. The molecule has 0 spiro atoms. The number of benzene rings is 1. The Labute approximate surface area is 238 Å². The molecule has 1 aromatic heterocycles. The number of amides is 2. The van der Waals surface area contributed by atoms with E-state index in [4.69, 9.17) is 9.72 Å². The van der Waals surface area contributed by atoms with Crippen molar-refractivity contribution in [2.45, 2.75) is 72.4 Å². The highest BCUT2D eigenvalue weighted by atomic mass is 16.5. The van der Waals surface area contributed by atoms with E-state index in [-0.39, 0.29) is 23.9 Å². The molecule has 2 aromatic rings. The first kappa shape index (κ1) is 29.6. The Morgan fingerprint density at radius 1 is 1.18 bits per heavy atom. The molecule has 10 nitrogen and oxygen atoms in total. The van der Waals surface area contributed by atoms with Gasteiger partial charge in [0.05, 0.1) is 24.4 Å². The Morgan fingerprint density at radius 3 is 2.48 bits per heavy atom. The van der Waals surface area contributed by atoms with Crippen molar-refractivity contribution in [1.29, 1.82) is 0 Å². The molecule has 1 fully saturated rings. The third-order valence-corrected chi connectivity index (χ3v) is 8.67. The van der Waals surface area contributed by atoms with Crippen molar-refractivity contribution in [3.63, 3.8) is 0 Å². The van der Waals surface area contributed by atoms with Gasteiger partial charge >= 0.3 is 0 Å². The van der Waals surface area contributed by atoms with Crippen LogP contribution in [0, 0.1) is 5.41 Å². The summed E-state index contributed by atoms with van der Waals surface area (Å²) in [6, 6.07) is 5.66. The van der Waals surface area contributed by atoms with Gasteiger partial charge in [0.25, 0.3) is 5.91 Å². The maximum Gasteiger partial charge on any atom is 0.251 e. The molecule has 0 saturated carbocycles. The molecule has 2 aliphatic heterocycles. The molecule has 1 aromatic carbocycles. The van der Waals surface area contributed by atoms with Gasteiger partial charge in [0.1, 0.15) is 11.4 Å². The zero-order chi connectivity index (χ0) is 29.0. The molecule has 218 valence electrons. The van der Waals surface area contributed by atoms with Gasteiger partial charge in [-0.05, 0) is 64.3 Å². The Kier molecular flexibility index (Phi) is 9.18. The third-order valence-electron chi connectivity index (χ3n) is 8.67. The molecular formula is C30H45N7O3. The summed E-state index contributed by atoms with van der Waals surface area (Å²) in [5.74, 6) is 1.63. The molecule has 1 saturated heterocycles. The molecule has 3 heterocycles. The van der Waals surface area contributed by atoms with Crippen LogP contribution in [0.4, 0.5) is 23.1 Å². The van der Waals surface area contributed by atoms with Gasteiger partial charge in [0.15, 0.2) is 5.82 Å². The van der Waals surface area contributed by atoms with Gasteiger partial charge in [-0.15, -0.1) is 0 Å². The van der Waals surface area contributed by atoms with Crippen molar-refractivity contribution >= 4 is 35.0 Å². The number of carbonyl (C=O) groups excluding carboxylic acids is 2. The number of piperidine rings is 1. The molecule has 0 atom stereocenters. The predicted molar refractivity (Wildman–Crippen MR) is 160 cm³/mol. The number of carbonyl (C=O) groups is 2. The molecule has 0 bridgehead atoms. The van der Waals surface area contributed by atoms with Crippen LogP contribution in [-0.2, 0) is 4.79 Å². The Bertz CT molecular complexity index is 1210. The summed E-state index contributed by atoms with van der Waals surface area (Å²) in [5.41, 5.74) is 1.40. The second-order valence-electron chi connectivity index (χ2n) is 11.2. The molecule has 4 rings (SSSR count). The first-order valence-electron chi connectivity index (χ1n) is 14.6. The van der Waals surface area contributed by atoms with E-state index in [0.717, 1.165) is 51.1 Å². The minimum Gasteiger partial charge on any atom is -0.495 e. The molecule has 2 N–H and O–H groups in total. The highest BCUT2D eigenvalue weighted by Crippen LogP contribution is 2.41. The smallest absolute Gasteiger partial charge is 0.251 e. The number of hydrogen-bond acceptors (Lipinski definition) is 8.